The standard InChI is InChI=1S/C18H10F4N2O/c19-9-1-3-11(14(21)7-9)17-16(23)13(5-6-24-17)18(25)12-4-2-10(20)8-15(12)22/h1-8H,23H2. The van der Waals surface area contributed by atoms with Crippen molar-refractivity contribution in [3.8, 4) is 11.3 Å². The maximum atomic E-state index is 14.0. The zero-order valence-corrected chi connectivity index (χ0v) is 12.6. The second-order valence-corrected chi connectivity index (χ2v) is 5.20. The number of nitrogens with zero attached hydrogens (tertiary/aromatic N) is 1. The molecule has 0 spiro atoms. The smallest absolute Gasteiger partial charge is 0.198 e. The zero-order valence-electron chi connectivity index (χ0n) is 12.6. The van der Waals surface area contributed by atoms with Crippen LogP contribution in [0, 0.1) is 23.3 Å². The highest BCUT2D eigenvalue weighted by molar-refractivity contribution is 6.13. The van der Waals surface area contributed by atoms with Gasteiger partial charge in [0.1, 0.15) is 23.3 Å². The third-order valence-corrected chi connectivity index (χ3v) is 3.60. The fourth-order valence-electron chi connectivity index (χ4n) is 2.39. The Balaban J connectivity index is 2.11. The Morgan fingerprint density at radius 1 is 0.840 bits per heavy atom. The summed E-state index contributed by atoms with van der Waals surface area (Å²) in [5.41, 5.74) is 5.02. The number of hydrogen-bond acceptors (Lipinski definition) is 3. The molecule has 3 nitrogen and oxygen atoms in total. The van der Waals surface area contributed by atoms with Gasteiger partial charge in [0, 0.05) is 29.5 Å². The van der Waals surface area contributed by atoms with Crippen LogP contribution in [0.4, 0.5) is 23.2 Å². The Labute approximate surface area is 139 Å². The molecule has 2 N–H and O–H groups in total. The monoisotopic (exact) mass is 346 g/mol. The molecular weight excluding hydrogens is 336 g/mol. The van der Waals surface area contributed by atoms with E-state index in [1.54, 1.807) is 0 Å². The van der Waals surface area contributed by atoms with Crippen molar-refractivity contribution >= 4 is 11.5 Å². The Hall–Kier alpha value is -3.22. The predicted octanol–water partition coefficient (Wildman–Crippen LogP) is 4.12. The van der Waals surface area contributed by atoms with E-state index in [9.17, 15) is 22.4 Å². The molecule has 0 fully saturated rings. The summed E-state index contributed by atoms with van der Waals surface area (Å²) in [5, 5.41) is 0. The van der Waals surface area contributed by atoms with Crippen molar-refractivity contribution in [3.05, 3.63) is 83.1 Å². The molecule has 0 unspecified atom stereocenters. The minimum absolute atomic E-state index is 0.0779. The summed E-state index contributed by atoms with van der Waals surface area (Å²) < 4.78 is 53.8. The number of benzene rings is 2. The lowest BCUT2D eigenvalue weighted by atomic mass is 9.99. The van der Waals surface area contributed by atoms with Crippen molar-refractivity contribution in [2.24, 2.45) is 0 Å². The summed E-state index contributed by atoms with van der Waals surface area (Å²) in [7, 11) is 0. The van der Waals surface area contributed by atoms with Crippen molar-refractivity contribution < 1.29 is 22.4 Å². The molecule has 0 radical (unpaired) electrons. The fourth-order valence-corrected chi connectivity index (χ4v) is 2.39. The van der Waals surface area contributed by atoms with Crippen LogP contribution in [0.2, 0.25) is 0 Å². The van der Waals surface area contributed by atoms with Gasteiger partial charge in [-0.15, -0.1) is 0 Å². The highest BCUT2D eigenvalue weighted by atomic mass is 19.1. The van der Waals surface area contributed by atoms with Gasteiger partial charge in [0.15, 0.2) is 5.78 Å². The Morgan fingerprint density at radius 2 is 1.48 bits per heavy atom. The number of anilines is 1. The lowest BCUT2D eigenvalue weighted by Crippen LogP contribution is -2.10. The molecular formula is C18H10F4N2O. The lowest BCUT2D eigenvalue weighted by molar-refractivity contribution is 0.103. The number of nitrogen functional groups attached to an aromatic ring is 1. The average molecular weight is 346 g/mol. The third kappa shape index (κ3) is 3.08. The van der Waals surface area contributed by atoms with E-state index < -0.39 is 29.1 Å². The molecule has 0 amide bonds. The number of rotatable bonds is 3. The summed E-state index contributed by atoms with van der Waals surface area (Å²) >= 11 is 0. The second-order valence-electron chi connectivity index (χ2n) is 5.20. The average Bonchev–Trinajstić information content (AvgIpc) is 2.55. The van der Waals surface area contributed by atoms with Crippen LogP contribution in [0.25, 0.3) is 11.3 Å². The van der Waals surface area contributed by atoms with Gasteiger partial charge < -0.3 is 5.73 Å². The summed E-state index contributed by atoms with van der Waals surface area (Å²) in [6.07, 6.45) is 1.20. The summed E-state index contributed by atoms with van der Waals surface area (Å²) in [4.78, 5) is 16.4. The maximum absolute atomic E-state index is 14.0. The molecule has 0 atom stereocenters. The molecule has 0 bridgehead atoms. The fraction of sp³-hybridized carbons (Fsp3) is 0. The van der Waals surface area contributed by atoms with Gasteiger partial charge in [-0.1, -0.05) is 0 Å². The van der Waals surface area contributed by atoms with E-state index in [-0.39, 0.29) is 28.1 Å². The SMILES string of the molecule is Nc1c(C(=O)c2ccc(F)cc2F)ccnc1-c1ccc(F)cc1F. The van der Waals surface area contributed by atoms with Gasteiger partial charge in [-0.05, 0) is 30.3 Å². The number of aromatic nitrogens is 1. The van der Waals surface area contributed by atoms with Crippen LogP contribution in [0.3, 0.4) is 0 Å². The molecule has 1 heterocycles. The number of ketones is 1. The molecule has 1 aromatic heterocycles. The molecule has 0 aliphatic rings. The molecule has 3 rings (SSSR count). The second kappa shape index (κ2) is 6.35. The van der Waals surface area contributed by atoms with Gasteiger partial charge in [-0.3, -0.25) is 9.78 Å². The number of nitrogens with two attached hydrogens (primary N) is 1. The van der Waals surface area contributed by atoms with Gasteiger partial charge in [0.2, 0.25) is 0 Å². The largest absolute Gasteiger partial charge is 0.396 e. The summed E-state index contributed by atoms with van der Waals surface area (Å²) in [5.74, 6) is -4.36. The quantitative estimate of drug-likeness (QED) is 0.573. The number of carbonyl (C=O) groups is 1. The number of hydrogen-bond donors (Lipinski definition) is 1. The first-order valence-electron chi connectivity index (χ1n) is 7.08. The number of carbonyl (C=O) groups excluding carboxylic acids is 1. The van der Waals surface area contributed by atoms with Gasteiger partial charge >= 0.3 is 0 Å². The van der Waals surface area contributed by atoms with E-state index in [1.807, 2.05) is 0 Å². The van der Waals surface area contributed by atoms with Gasteiger partial charge in [-0.25, -0.2) is 17.6 Å². The van der Waals surface area contributed by atoms with Crippen LogP contribution >= 0.6 is 0 Å². The van der Waals surface area contributed by atoms with Gasteiger partial charge in [-0.2, -0.15) is 0 Å². The lowest BCUT2D eigenvalue weighted by Gasteiger charge is -2.11. The van der Waals surface area contributed by atoms with E-state index >= 15 is 0 Å². The van der Waals surface area contributed by atoms with Crippen LogP contribution in [-0.4, -0.2) is 10.8 Å². The molecule has 25 heavy (non-hydrogen) atoms. The van der Waals surface area contributed by atoms with E-state index in [0.717, 1.165) is 24.3 Å². The van der Waals surface area contributed by atoms with Gasteiger partial charge in [0.25, 0.3) is 0 Å². The van der Waals surface area contributed by atoms with E-state index in [1.165, 1.54) is 12.3 Å². The first-order chi connectivity index (χ1) is 11.9. The molecule has 2 aromatic carbocycles. The molecule has 0 saturated heterocycles. The Bertz CT molecular complexity index is 989. The van der Waals surface area contributed by atoms with Crippen LogP contribution in [0.5, 0.6) is 0 Å². The summed E-state index contributed by atoms with van der Waals surface area (Å²) in [6.45, 7) is 0. The van der Waals surface area contributed by atoms with E-state index in [0.29, 0.717) is 12.1 Å². The van der Waals surface area contributed by atoms with Crippen molar-refractivity contribution in [1.29, 1.82) is 0 Å². The molecule has 3 aromatic rings. The third-order valence-electron chi connectivity index (χ3n) is 3.60. The number of pyridine rings is 1. The van der Waals surface area contributed by atoms with Crippen LogP contribution in [0.15, 0.2) is 48.7 Å². The Morgan fingerprint density at radius 3 is 2.12 bits per heavy atom. The van der Waals surface area contributed by atoms with Crippen LogP contribution in [0.1, 0.15) is 15.9 Å². The highest BCUT2D eigenvalue weighted by Crippen LogP contribution is 2.30. The molecule has 7 heteroatoms. The number of halogens is 4. The van der Waals surface area contributed by atoms with Crippen molar-refractivity contribution in [1.82, 2.24) is 4.98 Å². The highest BCUT2D eigenvalue weighted by Gasteiger charge is 2.21. The van der Waals surface area contributed by atoms with Gasteiger partial charge in [0.05, 0.1) is 16.9 Å². The normalized spacial score (nSPS) is 10.7. The van der Waals surface area contributed by atoms with Crippen molar-refractivity contribution in [3.63, 3.8) is 0 Å². The molecule has 0 aliphatic carbocycles. The minimum atomic E-state index is -1.05. The van der Waals surface area contributed by atoms with E-state index in [4.69, 9.17) is 5.73 Å². The summed E-state index contributed by atoms with van der Waals surface area (Å²) in [6, 6.07) is 6.56. The molecule has 0 saturated carbocycles. The predicted molar refractivity (Wildman–Crippen MR) is 83.8 cm³/mol. The van der Waals surface area contributed by atoms with Crippen molar-refractivity contribution in [2.45, 2.75) is 0 Å². The first-order valence-corrected chi connectivity index (χ1v) is 7.08. The minimum Gasteiger partial charge on any atom is -0.396 e. The maximum Gasteiger partial charge on any atom is 0.198 e. The van der Waals surface area contributed by atoms with Crippen molar-refractivity contribution in [2.75, 3.05) is 5.73 Å². The van der Waals surface area contributed by atoms with E-state index in [2.05, 4.69) is 4.98 Å². The topological polar surface area (TPSA) is 56.0 Å². The molecule has 126 valence electrons. The van der Waals surface area contributed by atoms with Crippen LogP contribution in [-0.2, 0) is 0 Å². The van der Waals surface area contributed by atoms with Crippen LogP contribution < -0.4 is 5.73 Å². The Kier molecular flexibility index (Phi) is 4.22. The zero-order chi connectivity index (χ0) is 18.1. The molecule has 0 aliphatic heterocycles. The first kappa shape index (κ1) is 16.6.